The summed E-state index contributed by atoms with van der Waals surface area (Å²) in [6.45, 7) is 0. The summed E-state index contributed by atoms with van der Waals surface area (Å²) >= 11 is 1.87. The molecule has 2 heteroatoms. The molecule has 1 aromatic heterocycles. The first-order chi connectivity index (χ1) is 23.8. The summed E-state index contributed by atoms with van der Waals surface area (Å²) in [5.74, 6) is 0. The van der Waals surface area contributed by atoms with Gasteiger partial charge in [-0.1, -0.05) is 152 Å². The molecule has 0 amide bonds. The van der Waals surface area contributed by atoms with Crippen LogP contribution in [0.4, 0.5) is 17.1 Å². The number of rotatable bonds is 6. The van der Waals surface area contributed by atoms with Gasteiger partial charge in [-0.05, 0) is 69.6 Å². The van der Waals surface area contributed by atoms with Gasteiger partial charge in [0, 0.05) is 36.8 Å². The van der Waals surface area contributed by atoms with Gasteiger partial charge in [0.15, 0.2) is 0 Å². The van der Waals surface area contributed by atoms with Crippen molar-refractivity contribution in [3.8, 4) is 33.4 Å². The van der Waals surface area contributed by atoms with Crippen molar-refractivity contribution >= 4 is 59.3 Å². The highest BCUT2D eigenvalue weighted by atomic mass is 32.1. The third kappa shape index (κ3) is 4.95. The van der Waals surface area contributed by atoms with Crippen molar-refractivity contribution in [3.05, 3.63) is 188 Å². The van der Waals surface area contributed by atoms with E-state index in [0.717, 1.165) is 17.1 Å². The summed E-state index contributed by atoms with van der Waals surface area (Å²) in [4.78, 5) is 2.44. The third-order valence-electron chi connectivity index (χ3n) is 9.30. The van der Waals surface area contributed by atoms with E-state index < -0.39 is 0 Å². The van der Waals surface area contributed by atoms with Crippen LogP contribution in [0.2, 0.25) is 0 Å². The van der Waals surface area contributed by atoms with Crippen molar-refractivity contribution in [2.24, 2.45) is 0 Å². The minimum atomic E-state index is 1.12. The van der Waals surface area contributed by atoms with Gasteiger partial charge in [-0.3, -0.25) is 0 Å². The third-order valence-corrected chi connectivity index (χ3v) is 10.4. The Hall–Kier alpha value is -5.96. The molecule has 0 spiro atoms. The summed E-state index contributed by atoms with van der Waals surface area (Å²) in [5.41, 5.74) is 10.7. The topological polar surface area (TPSA) is 3.24 Å². The number of nitrogens with zero attached hydrogens (tertiary/aromatic N) is 1. The maximum Gasteiger partial charge on any atom is 0.0540 e. The Morgan fingerprint density at radius 2 is 0.854 bits per heavy atom. The van der Waals surface area contributed by atoms with Crippen molar-refractivity contribution in [2.45, 2.75) is 0 Å². The molecule has 0 radical (unpaired) electrons. The zero-order valence-corrected chi connectivity index (χ0v) is 27.1. The van der Waals surface area contributed by atoms with Gasteiger partial charge in [-0.15, -0.1) is 11.3 Å². The number of benzene rings is 8. The van der Waals surface area contributed by atoms with Crippen molar-refractivity contribution in [2.75, 3.05) is 4.90 Å². The Kier molecular flexibility index (Phi) is 7.07. The van der Waals surface area contributed by atoms with Crippen LogP contribution in [0, 0.1) is 0 Å². The molecule has 0 fully saturated rings. The first-order valence-corrected chi connectivity index (χ1v) is 17.2. The molecular formula is C46H31NS. The van der Waals surface area contributed by atoms with E-state index in [1.807, 2.05) is 11.3 Å². The van der Waals surface area contributed by atoms with E-state index >= 15 is 0 Å². The second kappa shape index (κ2) is 12.0. The fraction of sp³-hybridized carbons (Fsp3) is 0. The molecule has 0 aliphatic rings. The normalized spacial score (nSPS) is 11.3. The van der Waals surface area contributed by atoms with Crippen LogP contribution in [0.5, 0.6) is 0 Å². The number of fused-ring (bicyclic) bond motifs is 5. The fourth-order valence-electron chi connectivity index (χ4n) is 6.99. The highest BCUT2D eigenvalue weighted by Gasteiger charge is 2.20. The molecule has 9 rings (SSSR count). The summed E-state index contributed by atoms with van der Waals surface area (Å²) in [5, 5.41) is 5.16. The van der Waals surface area contributed by atoms with Crippen molar-refractivity contribution in [1.29, 1.82) is 0 Å². The van der Waals surface area contributed by atoms with E-state index in [1.165, 1.54) is 64.3 Å². The standard InChI is InChI=1S/C46H31NS/c1-3-12-32(13-4-1)33-22-24-34(25-23-33)35-26-28-37(29-27-35)47(42-19-9-7-16-38(42)36-14-5-2-6-15-36)43-20-11-18-40-39(43)30-31-45-46(40)41-17-8-10-21-44(41)48-45/h1-31H. The zero-order valence-electron chi connectivity index (χ0n) is 26.3. The average Bonchev–Trinajstić information content (AvgIpc) is 3.56. The second-order valence-electron chi connectivity index (χ2n) is 12.1. The fourth-order valence-corrected chi connectivity index (χ4v) is 8.11. The molecule has 1 nitrogen and oxygen atoms in total. The molecule has 0 bridgehead atoms. The molecule has 0 atom stereocenters. The predicted octanol–water partition coefficient (Wildman–Crippen LogP) is 13.7. The Morgan fingerprint density at radius 3 is 1.58 bits per heavy atom. The number of hydrogen-bond donors (Lipinski definition) is 0. The molecule has 226 valence electrons. The maximum absolute atomic E-state index is 2.44. The first kappa shape index (κ1) is 28.3. The molecule has 0 saturated heterocycles. The van der Waals surface area contributed by atoms with E-state index in [1.54, 1.807) is 0 Å². The first-order valence-electron chi connectivity index (χ1n) is 16.4. The maximum atomic E-state index is 2.44. The Morgan fingerprint density at radius 1 is 0.312 bits per heavy atom. The largest absolute Gasteiger partial charge is 0.309 e. The summed E-state index contributed by atoms with van der Waals surface area (Å²) in [6.07, 6.45) is 0. The van der Waals surface area contributed by atoms with Crippen LogP contribution >= 0.6 is 11.3 Å². The molecule has 1 heterocycles. The van der Waals surface area contributed by atoms with Crippen molar-refractivity contribution < 1.29 is 0 Å². The lowest BCUT2D eigenvalue weighted by atomic mass is 9.98. The zero-order chi connectivity index (χ0) is 31.9. The smallest absolute Gasteiger partial charge is 0.0540 e. The van der Waals surface area contributed by atoms with Crippen LogP contribution in [-0.2, 0) is 0 Å². The molecule has 8 aromatic carbocycles. The van der Waals surface area contributed by atoms with E-state index in [-0.39, 0.29) is 0 Å². The van der Waals surface area contributed by atoms with Crippen molar-refractivity contribution in [3.63, 3.8) is 0 Å². The Bertz CT molecular complexity index is 2530. The Balaban J connectivity index is 1.21. The summed E-state index contributed by atoms with van der Waals surface area (Å²) in [7, 11) is 0. The number of thiophene rings is 1. The van der Waals surface area contributed by atoms with Gasteiger partial charge in [0.25, 0.3) is 0 Å². The van der Waals surface area contributed by atoms with Crippen LogP contribution in [0.25, 0.3) is 64.3 Å². The van der Waals surface area contributed by atoms with Gasteiger partial charge >= 0.3 is 0 Å². The van der Waals surface area contributed by atoms with Gasteiger partial charge in [0.05, 0.1) is 11.4 Å². The molecule has 0 saturated carbocycles. The Labute approximate surface area is 284 Å². The van der Waals surface area contributed by atoms with Crippen LogP contribution in [0.3, 0.4) is 0 Å². The lowest BCUT2D eigenvalue weighted by Gasteiger charge is -2.29. The number of para-hydroxylation sites is 1. The second-order valence-corrected chi connectivity index (χ2v) is 13.2. The quantitative estimate of drug-likeness (QED) is 0.177. The highest BCUT2D eigenvalue weighted by Crippen LogP contribution is 2.46. The lowest BCUT2D eigenvalue weighted by molar-refractivity contribution is 1.30. The minimum Gasteiger partial charge on any atom is -0.309 e. The molecule has 9 aromatic rings. The van der Waals surface area contributed by atoms with Crippen LogP contribution in [0.1, 0.15) is 0 Å². The molecule has 0 unspecified atom stereocenters. The minimum absolute atomic E-state index is 1.12. The van der Waals surface area contributed by atoms with Gasteiger partial charge in [-0.2, -0.15) is 0 Å². The van der Waals surface area contributed by atoms with Crippen LogP contribution < -0.4 is 4.90 Å². The van der Waals surface area contributed by atoms with Gasteiger partial charge in [-0.25, -0.2) is 0 Å². The highest BCUT2D eigenvalue weighted by molar-refractivity contribution is 7.26. The van der Waals surface area contributed by atoms with Crippen LogP contribution in [0.15, 0.2) is 188 Å². The van der Waals surface area contributed by atoms with Crippen molar-refractivity contribution in [1.82, 2.24) is 0 Å². The van der Waals surface area contributed by atoms with E-state index in [4.69, 9.17) is 0 Å². The average molecular weight is 630 g/mol. The van der Waals surface area contributed by atoms with Gasteiger partial charge < -0.3 is 4.90 Å². The van der Waals surface area contributed by atoms with Gasteiger partial charge in [0.1, 0.15) is 0 Å². The summed E-state index contributed by atoms with van der Waals surface area (Å²) in [6, 6.07) is 68.1. The molecular weight excluding hydrogens is 599 g/mol. The number of anilines is 3. The molecule has 48 heavy (non-hydrogen) atoms. The monoisotopic (exact) mass is 629 g/mol. The van der Waals surface area contributed by atoms with Crippen LogP contribution in [-0.4, -0.2) is 0 Å². The number of hydrogen-bond acceptors (Lipinski definition) is 2. The lowest BCUT2D eigenvalue weighted by Crippen LogP contribution is -2.11. The predicted molar refractivity (Wildman–Crippen MR) is 208 cm³/mol. The van der Waals surface area contributed by atoms with E-state index in [9.17, 15) is 0 Å². The SMILES string of the molecule is c1ccc(-c2ccc(-c3ccc(N(c4ccccc4-c4ccccc4)c4cccc5c4ccc4sc6ccccc6c45)cc3)cc2)cc1. The summed E-state index contributed by atoms with van der Waals surface area (Å²) < 4.78 is 2.64. The van der Waals surface area contributed by atoms with Gasteiger partial charge in [0.2, 0.25) is 0 Å². The van der Waals surface area contributed by atoms with E-state index in [0.29, 0.717) is 0 Å². The van der Waals surface area contributed by atoms with E-state index in [2.05, 4.69) is 193 Å². The molecule has 0 aliphatic heterocycles. The molecule has 0 N–H and O–H groups in total. The molecule has 0 aliphatic carbocycles.